The van der Waals surface area contributed by atoms with Gasteiger partial charge in [-0.3, -0.25) is 4.79 Å². The van der Waals surface area contributed by atoms with Crippen molar-refractivity contribution >= 4 is 21.7 Å². The molecule has 1 heterocycles. The van der Waals surface area contributed by atoms with Gasteiger partial charge in [0.2, 0.25) is 5.88 Å². The van der Waals surface area contributed by atoms with E-state index < -0.39 is 0 Å². The van der Waals surface area contributed by atoms with E-state index in [0.717, 1.165) is 5.56 Å². The van der Waals surface area contributed by atoms with Crippen LogP contribution in [0.15, 0.2) is 46.9 Å². The van der Waals surface area contributed by atoms with Gasteiger partial charge in [0.1, 0.15) is 12.3 Å². The first-order valence-corrected chi connectivity index (χ1v) is 6.30. The molecule has 0 unspecified atom stereocenters. The number of nitrogens with zero attached hydrogens (tertiary/aromatic N) is 1. The number of ether oxygens (including phenoxy) is 1. The first kappa shape index (κ1) is 12.8. The van der Waals surface area contributed by atoms with E-state index in [1.807, 2.05) is 30.3 Å². The standard InChI is InChI=1S/C14H12BrNO2/c1-10(17)14-12(15)7-8-13(16-14)18-9-11-5-3-2-4-6-11/h2-8H,9H2,1H3. The van der Waals surface area contributed by atoms with Gasteiger partial charge in [-0.15, -0.1) is 0 Å². The maximum Gasteiger partial charge on any atom is 0.214 e. The smallest absolute Gasteiger partial charge is 0.214 e. The zero-order valence-corrected chi connectivity index (χ0v) is 11.5. The van der Waals surface area contributed by atoms with E-state index in [0.29, 0.717) is 22.7 Å². The Morgan fingerprint density at radius 1 is 1.22 bits per heavy atom. The minimum absolute atomic E-state index is 0.0907. The average molecular weight is 306 g/mol. The number of carbonyl (C=O) groups is 1. The van der Waals surface area contributed by atoms with Crippen LogP contribution < -0.4 is 4.74 Å². The molecule has 1 aromatic heterocycles. The quantitative estimate of drug-likeness (QED) is 0.810. The van der Waals surface area contributed by atoms with E-state index in [1.165, 1.54) is 6.92 Å². The molecule has 4 heteroatoms. The van der Waals surface area contributed by atoms with Crippen molar-refractivity contribution in [2.24, 2.45) is 0 Å². The summed E-state index contributed by atoms with van der Waals surface area (Å²) < 4.78 is 6.24. The number of aromatic nitrogens is 1. The monoisotopic (exact) mass is 305 g/mol. The SMILES string of the molecule is CC(=O)c1nc(OCc2ccccc2)ccc1Br. The summed E-state index contributed by atoms with van der Waals surface area (Å²) in [7, 11) is 0. The van der Waals surface area contributed by atoms with Crippen molar-refractivity contribution < 1.29 is 9.53 Å². The molecular weight excluding hydrogens is 294 g/mol. The van der Waals surface area contributed by atoms with Gasteiger partial charge in [-0.25, -0.2) is 4.98 Å². The Balaban J connectivity index is 2.11. The molecule has 18 heavy (non-hydrogen) atoms. The normalized spacial score (nSPS) is 10.1. The molecule has 0 amide bonds. The van der Waals surface area contributed by atoms with E-state index >= 15 is 0 Å². The van der Waals surface area contributed by atoms with Gasteiger partial charge in [0.15, 0.2) is 5.78 Å². The minimum atomic E-state index is -0.0907. The van der Waals surface area contributed by atoms with E-state index in [1.54, 1.807) is 12.1 Å². The summed E-state index contributed by atoms with van der Waals surface area (Å²) in [6.45, 7) is 1.92. The molecule has 0 saturated carbocycles. The van der Waals surface area contributed by atoms with E-state index in [9.17, 15) is 4.79 Å². The van der Waals surface area contributed by atoms with Crippen molar-refractivity contribution in [3.8, 4) is 5.88 Å². The maximum atomic E-state index is 11.3. The zero-order chi connectivity index (χ0) is 13.0. The lowest BCUT2D eigenvalue weighted by molar-refractivity contribution is 0.101. The first-order valence-electron chi connectivity index (χ1n) is 5.51. The van der Waals surface area contributed by atoms with Gasteiger partial charge in [0.05, 0.1) is 0 Å². The van der Waals surface area contributed by atoms with Crippen molar-refractivity contribution in [1.29, 1.82) is 0 Å². The van der Waals surface area contributed by atoms with Crippen molar-refractivity contribution in [3.63, 3.8) is 0 Å². The number of halogens is 1. The second-order valence-electron chi connectivity index (χ2n) is 3.81. The minimum Gasteiger partial charge on any atom is -0.473 e. The fourth-order valence-corrected chi connectivity index (χ4v) is 1.98. The van der Waals surface area contributed by atoms with Crippen molar-refractivity contribution in [2.45, 2.75) is 13.5 Å². The predicted molar refractivity (Wildman–Crippen MR) is 72.7 cm³/mol. The van der Waals surface area contributed by atoms with Crippen LogP contribution in [0.1, 0.15) is 23.0 Å². The topological polar surface area (TPSA) is 39.2 Å². The molecule has 0 saturated heterocycles. The molecule has 0 atom stereocenters. The van der Waals surface area contributed by atoms with Gasteiger partial charge < -0.3 is 4.74 Å². The van der Waals surface area contributed by atoms with Crippen LogP contribution in [0, 0.1) is 0 Å². The highest BCUT2D eigenvalue weighted by Gasteiger charge is 2.08. The molecule has 0 spiro atoms. The summed E-state index contributed by atoms with van der Waals surface area (Å²) in [5.41, 5.74) is 1.45. The lowest BCUT2D eigenvalue weighted by Crippen LogP contribution is -2.02. The Morgan fingerprint density at radius 3 is 2.61 bits per heavy atom. The molecule has 0 fully saturated rings. The summed E-state index contributed by atoms with van der Waals surface area (Å²) >= 11 is 3.29. The number of ketones is 1. The van der Waals surface area contributed by atoms with E-state index in [-0.39, 0.29) is 5.78 Å². The maximum absolute atomic E-state index is 11.3. The first-order chi connectivity index (χ1) is 8.66. The third-order valence-corrected chi connectivity index (χ3v) is 3.02. The van der Waals surface area contributed by atoms with Crippen LogP contribution in [0.4, 0.5) is 0 Å². The molecule has 0 aliphatic rings. The van der Waals surface area contributed by atoms with Crippen LogP contribution in [0.5, 0.6) is 5.88 Å². The van der Waals surface area contributed by atoms with Crippen LogP contribution >= 0.6 is 15.9 Å². The number of carbonyl (C=O) groups excluding carboxylic acids is 1. The number of Topliss-reactive ketones (excluding diaryl/α,β-unsaturated/α-hetero) is 1. The Morgan fingerprint density at radius 2 is 1.94 bits per heavy atom. The molecule has 2 rings (SSSR count). The molecule has 1 aromatic carbocycles. The average Bonchev–Trinajstić information content (AvgIpc) is 2.38. The number of hydrogen-bond donors (Lipinski definition) is 0. The summed E-state index contributed by atoms with van der Waals surface area (Å²) in [6.07, 6.45) is 0. The van der Waals surface area contributed by atoms with Crippen LogP contribution in [0.3, 0.4) is 0 Å². The lowest BCUT2D eigenvalue weighted by atomic mass is 10.2. The third-order valence-electron chi connectivity index (χ3n) is 2.38. The molecule has 0 N–H and O–H groups in total. The fourth-order valence-electron chi connectivity index (χ4n) is 1.48. The van der Waals surface area contributed by atoms with Gasteiger partial charge in [-0.2, -0.15) is 0 Å². The van der Waals surface area contributed by atoms with Gasteiger partial charge in [0.25, 0.3) is 0 Å². The third kappa shape index (κ3) is 3.17. The number of rotatable bonds is 4. The lowest BCUT2D eigenvalue weighted by Gasteiger charge is -2.07. The largest absolute Gasteiger partial charge is 0.473 e. The highest BCUT2D eigenvalue weighted by atomic mass is 79.9. The van der Waals surface area contributed by atoms with Crippen LogP contribution in [-0.2, 0) is 6.61 Å². The molecule has 0 aliphatic heterocycles. The van der Waals surface area contributed by atoms with Gasteiger partial charge in [0, 0.05) is 17.5 Å². The molecule has 0 radical (unpaired) electrons. The fraction of sp³-hybridized carbons (Fsp3) is 0.143. The van der Waals surface area contributed by atoms with Crippen molar-refractivity contribution in [1.82, 2.24) is 4.98 Å². The molecular formula is C14H12BrNO2. The van der Waals surface area contributed by atoms with Crippen LogP contribution in [0.25, 0.3) is 0 Å². The van der Waals surface area contributed by atoms with Gasteiger partial charge in [-0.1, -0.05) is 30.3 Å². The number of pyridine rings is 1. The van der Waals surface area contributed by atoms with Crippen molar-refractivity contribution in [3.05, 3.63) is 58.2 Å². The number of hydrogen-bond acceptors (Lipinski definition) is 3. The number of benzene rings is 1. The van der Waals surface area contributed by atoms with E-state index in [4.69, 9.17) is 4.74 Å². The molecule has 0 aliphatic carbocycles. The Hall–Kier alpha value is -1.68. The van der Waals surface area contributed by atoms with Crippen molar-refractivity contribution in [2.75, 3.05) is 0 Å². The highest BCUT2D eigenvalue weighted by molar-refractivity contribution is 9.10. The van der Waals surface area contributed by atoms with Crippen LogP contribution in [-0.4, -0.2) is 10.8 Å². The Bertz CT molecular complexity index is 555. The summed E-state index contributed by atoms with van der Waals surface area (Å²) in [5.74, 6) is 0.360. The molecule has 0 bridgehead atoms. The summed E-state index contributed by atoms with van der Waals surface area (Å²) in [6, 6.07) is 13.3. The molecule has 3 nitrogen and oxygen atoms in total. The zero-order valence-electron chi connectivity index (χ0n) is 9.89. The van der Waals surface area contributed by atoms with Crippen LogP contribution in [0.2, 0.25) is 0 Å². The summed E-state index contributed by atoms with van der Waals surface area (Å²) in [4.78, 5) is 15.5. The summed E-state index contributed by atoms with van der Waals surface area (Å²) in [5, 5.41) is 0. The second kappa shape index (κ2) is 5.78. The predicted octanol–water partition coefficient (Wildman–Crippen LogP) is 3.63. The molecule has 2 aromatic rings. The molecule has 92 valence electrons. The Labute approximate surface area is 114 Å². The second-order valence-corrected chi connectivity index (χ2v) is 4.66. The highest BCUT2D eigenvalue weighted by Crippen LogP contribution is 2.19. The van der Waals surface area contributed by atoms with Gasteiger partial charge in [-0.05, 0) is 27.6 Å². The Kier molecular flexibility index (Phi) is 4.10. The van der Waals surface area contributed by atoms with E-state index in [2.05, 4.69) is 20.9 Å². The van der Waals surface area contributed by atoms with Gasteiger partial charge >= 0.3 is 0 Å².